The molecule has 2 amide bonds. The first-order valence-corrected chi connectivity index (χ1v) is 8.91. The summed E-state index contributed by atoms with van der Waals surface area (Å²) < 4.78 is 0. The van der Waals surface area contributed by atoms with Gasteiger partial charge in [-0.15, -0.1) is 0 Å². The van der Waals surface area contributed by atoms with E-state index < -0.39 is 0 Å². The second-order valence-corrected chi connectivity index (χ2v) is 7.17. The molecule has 0 radical (unpaired) electrons. The normalized spacial score (nSPS) is 25.7. The van der Waals surface area contributed by atoms with Crippen LogP contribution in [-0.4, -0.2) is 43.2 Å². The molecule has 0 aromatic rings. The number of nitrogens with one attached hydrogen (secondary N) is 2. The zero-order valence-electron chi connectivity index (χ0n) is 13.9. The maximum atomic E-state index is 11.8. The Hall–Kier alpha value is -0.770. The number of carbonyl (C=O) groups is 1. The van der Waals surface area contributed by atoms with Gasteiger partial charge in [-0.25, -0.2) is 4.79 Å². The number of likely N-dealkylation sites (tertiary alicyclic amines) is 1. The molecular formula is C17H33N3O. The lowest BCUT2D eigenvalue weighted by Crippen LogP contribution is -2.48. The first-order chi connectivity index (χ1) is 10.1. The lowest BCUT2D eigenvalue weighted by molar-refractivity contribution is 0.137. The molecule has 122 valence electrons. The highest BCUT2D eigenvalue weighted by molar-refractivity contribution is 5.73. The molecular weight excluding hydrogens is 262 g/mol. The maximum Gasteiger partial charge on any atom is 0.314 e. The fourth-order valence-electron chi connectivity index (χ4n) is 3.75. The summed E-state index contributed by atoms with van der Waals surface area (Å²) in [6, 6.07) is 0.443. The topological polar surface area (TPSA) is 44.4 Å². The van der Waals surface area contributed by atoms with E-state index in [0.29, 0.717) is 6.04 Å². The molecule has 4 nitrogen and oxygen atoms in total. The number of amides is 2. The van der Waals surface area contributed by atoms with Crippen molar-refractivity contribution in [2.24, 2.45) is 11.8 Å². The Kier molecular flexibility index (Phi) is 6.81. The van der Waals surface area contributed by atoms with E-state index in [1.165, 1.54) is 51.6 Å². The number of nitrogens with zero attached hydrogens (tertiary/aromatic N) is 1. The van der Waals surface area contributed by atoms with Gasteiger partial charge in [0.1, 0.15) is 0 Å². The van der Waals surface area contributed by atoms with E-state index in [9.17, 15) is 4.79 Å². The van der Waals surface area contributed by atoms with Gasteiger partial charge >= 0.3 is 6.03 Å². The Labute approximate surface area is 130 Å². The Balaban J connectivity index is 1.55. The van der Waals surface area contributed by atoms with Gasteiger partial charge in [-0.05, 0) is 44.6 Å². The highest BCUT2D eigenvalue weighted by Crippen LogP contribution is 2.26. The molecule has 0 aromatic heterocycles. The van der Waals surface area contributed by atoms with Gasteiger partial charge in [-0.1, -0.05) is 32.6 Å². The second-order valence-electron chi connectivity index (χ2n) is 7.17. The first-order valence-electron chi connectivity index (χ1n) is 8.91. The molecule has 2 N–H and O–H groups in total. The van der Waals surface area contributed by atoms with Crippen molar-refractivity contribution in [3.8, 4) is 0 Å². The predicted octanol–water partition coefficient (Wildman–Crippen LogP) is 2.99. The van der Waals surface area contributed by atoms with Crippen molar-refractivity contribution < 1.29 is 4.79 Å². The summed E-state index contributed by atoms with van der Waals surface area (Å²) in [7, 11) is 0. The average molecular weight is 295 g/mol. The second kappa shape index (κ2) is 8.62. The van der Waals surface area contributed by atoms with Crippen LogP contribution in [0, 0.1) is 11.8 Å². The van der Waals surface area contributed by atoms with Gasteiger partial charge in [0.2, 0.25) is 0 Å². The summed E-state index contributed by atoms with van der Waals surface area (Å²) in [5.74, 6) is 1.64. The third-order valence-corrected chi connectivity index (χ3v) is 5.18. The van der Waals surface area contributed by atoms with Crippen molar-refractivity contribution in [2.45, 2.75) is 64.8 Å². The van der Waals surface area contributed by atoms with Crippen LogP contribution < -0.4 is 10.6 Å². The van der Waals surface area contributed by atoms with Crippen molar-refractivity contribution in [3.05, 3.63) is 0 Å². The van der Waals surface area contributed by atoms with Crippen molar-refractivity contribution >= 4 is 6.03 Å². The van der Waals surface area contributed by atoms with Crippen LogP contribution in [0.3, 0.4) is 0 Å². The Morgan fingerprint density at radius 1 is 1.19 bits per heavy atom. The molecule has 1 saturated heterocycles. The summed E-state index contributed by atoms with van der Waals surface area (Å²) in [6.07, 6.45) is 9.25. The summed E-state index contributed by atoms with van der Waals surface area (Å²) in [5.41, 5.74) is 0. The third kappa shape index (κ3) is 5.85. The Morgan fingerprint density at radius 3 is 2.67 bits per heavy atom. The van der Waals surface area contributed by atoms with Crippen molar-refractivity contribution in [1.82, 2.24) is 15.5 Å². The predicted molar refractivity (Wildman–Crippen MR) is 87.4 cm³/mol. The standard InChI is InChI=1S/C17H33N3O/c1-14-6-5-11-20(13-14)15(2)12-19-17(21)18-10-9-16-7-3-4-8-16/h14-16H,3-13H2,1-2H3,(H2,18,19,21). The lowest BCUT2D eigenvalue weighted by atomic mass is 9.99. The van der Waals surface area contributed by atoms with Gasteiger partial charge in [0.05, 0.1) is 0 Å². The smallest absolute Gasteiger partial charge is 0.314 e. The van der Waals surface area contributed by atoms with Gasteiger partial charge in [-0.3, -0.25) is 4.90 Å². The molecule has 2 rings (SSSR count). The molecule has 1 aliphatic carbocycles. The Morgan fingerprint density at radius 2 is 1.95 bits per heavy atom. The van der Waals surface area contributed by atoms with Gasteiger partial charge in [0.25, 0.3) is 0 Å². The summed E-state index contributed by atoms with van der Waals surface area (Å²) in [5, 5.41) is 6.04. The molecule has 2 fully saturated rings. The van der Waals surface area contributed by atoms with E-state index in [4.69, 9.17) is 0 Å². The molecule has 2 unspecified atom stereocenters. The molecule has 21 heavy (non-hydrogen) atoms. The largest absolute Gasteiger partial charge is 0.338 e. The van der Waals surface area contributed by atoms with Crippen LogP contribution in [0.25, 0.3) is 0 Å². The van der Waals surface area contributed by atoms with Gasteiger partial charge in [0.15, 0.2) is 0 Å². The fourth-order valence-corrected chi connectivity index (χ4v) is 3.75. The Bertz CT molecular complexity index is 315. The van der Waals surface area contributed by atoms with Crippen LogP contribution in [0.5, 0.6) is 0 Å². The van der Waals surface area contributed by atoms with Crippen LogP contribution in [0.4, 0.5) is 4.79 Å². The highest BCUT2D eigenvalue weighted by atomic mass is 16.2. The number of hydrogen-bond donors (Lipinski definition) is 2. The molecule has 0 bridgehead atoms. The fraction of sp³-hybridized carbons (Fsp3) is 0.941. The van der Waals surface area contributed by atoms with Crippen molar-refractivity contribution in [2.75, 3.05) is 26.2 Å². The van der Waals surface area contributed by atoms with E-state index in [1.54, 1.807) is 0 Å². The molecule has 4 heteroatoms. The van der Waals surface area contributed by atoms with Gasteiger partial charge in [-0.2, -0.15) is 0 Å². The number of hydrogen-bond acceptors (Lipinski definition) is 2. The maximum absolute atomic E-state index is 11.8. The minimum absolute atomic E-state index is 0.00454. The summed E-state index contributed by atoms with van der Waals surface area (Å²) in [4.78, 5) is 14.3. The van der Waals surface area contributed by atoms with Crippen LogP contribution in [0.15, 0.2) is 0 Å². The molecule has 0 spiro atoms. The van der Waals surface area contributed by atoms with Gasteiger partial charge in [0, 0.05) is 25.7 Å². The molecule has 1 saturated carbocycles. The van der Waals surface area contributed by atoms with E-state index in [0.717, 1.165) is 31.3 Å². The molecule has 2 atom stereocenters. The van der Waals surface area contributed by atoms with Crippen LogP contribution in [0.1, 0.15) is 58.8 Å². The van der Waals surface area contributed by atoms with E-state index in [2.05, 4.69) is 29.4 Å². The van der Waals surface area contributed by atoms with Gasteiger partial charge < -0.3 is 10.6 Å². The summed E-state index contributed by atoms with van der Waals surface area (Å²) >= 11 is 0. The van der Waals surface area contributed by atoms with E-state index in [1.807, 2.05) is 0 Å². The molecule has 1 aliphatic heterocycles. The monoisotopic (exact) mass is 295 g/mol. The van der Waals surface area contributed by atoms with E-state index >= 15 is 0 Å². The number of urea groups is 1. The molecule has 2 aliphatic rings. The highest BCUT2D eigenvalue weighted by Gasteiger charge is 2.21. The minimum Gasteiger partial charge on any atom is -0.338 e. The molecule has 1 heterocycles. The number of piperidine rings is 1. The third-order valence-electron chi connectivity index (χ3n) is 5.18. The van der Waals surface area contributed by atoms with E-state index in [-0.39, 0.29) is 6.03 Å². The first kappa shape index (κ1) is 16.6. The quantitative estimate of drug-likeness (QED) is 0.791. The molecule has 0 aromatic carbocycles. The van der Waals surface area contributed by atoms with Crippen LogP contribution in [0.2, 0.25) is 0 Å². The van der Waals surface area contributed by atoms with Crippen LogP contribution >= 0.6 is 0 Å². The zero-order valence-corrected chi connectivity index (χ0v) is 13.9. The lowest BCUT2D eigenvalue weighted by Gasteiger charge is -2.35. The van der Waals surface area contributed by atoms with Crippen molar-refractivity contribution in [3.63, 3.8) is 0 Å². The minimum atomic E-state index is 0.00454. The SMILES string of the molecule is CC1CCCN(C(C)CNC(=O)NCCC2CCCC2)C1. The summed E-state index contributed by atoms with van der Waals surface area (Å²) in [6.45, 7) is 8.47. The average Bonchev–Trinajstić information content (AvgIpc) is 2.98. The van der Waals surface area contributed by atoms with Crippen LogP contribution in [-0.2, 0) is 0 Å². The van der Waals surface area contributed by atoms with Crippen molar-refractivity contribution in [1.29, 1.82) is 0 Å². The number of carbonyl (C=O) groups excluding carboxylic acids is 1. The zero-order chi connectivity index (χ0) is 15.1. The number of rotatable bonds is 6.